The number of benzene rings is 1. The van der Waals surface area contributed by atoms with E-state index in [1.165, 1.54) is 4.90 Å². The molecule has 1 aliphatic carbocycles. The van der Waals surface area contributed by atoms with Crippen LogP contribution in [0.5, 0.6) is 0 Å². The summed E-state index contributed by atoms with van der Waals surface area (Å²) in [6, 6.07) is 3.02. The number of halogens is 2. The van der Waals surface area contributed by atoms with Crippen LogP contribution >= 0.6 is 0 Å². The van der Waals surface area contributed by atoms with Gasteiger partial charge >= 0.3 is 6.03 Å². The molecule has 0 spiro atoms. The Hall–Kier alpha value is -1.69. The molecule has 22 heavy (non-hydrogen) atoms. The zero-order valence-electron chi connectivity index (χ0n) is 12.7. The normalized spacial score (nSPS) is 20.9. The molecule has 1 saturated carbocycles. The van der Waals surface area contributed by atoms with Gasteiger partial charge in [-0.3, -0.25) is 0 Å². The summed E-state index contributed by atoms with van der Waals surface area (Å²) in [5, 5.41) is 12.4. The summed E-state index contributed by atoms with van der Waals surface area (Å²) in [5.41, 5.74) is 0.245. The molecule has 4 nitrogen and oxygen atoms in total. The van der Waals surface area contributed by atoms with E-state index in [9.17, 15) is 18.7 Å². The lowest BCUT2D eigenvalue weighted by atomic mass is 10.1. The molecular formula is C16H22F2N2O2. The van der Waals surface area contributed by atoms with E-state index in [1.54, 1.807) is 7.05 Å². The zero-order valence-corrected chi connectivity index (χ0v) is 12.7. The minimum atomic E-state index is -0.491. The van der Waals surface area contributed by atoms with Crippen molar-refractivity contribution in [2.45, 2.75) is 31.8 Å². The van der Waals surface area contributed by atoms with E-state index in [1.807, 2.05) is 0 Å². The van der Waals surface area contributed by atoms with Gasteiger partial charge in [-0.1, -0.05) is 6.42 Å². The molecule has 2 N–H and O–H groups in total. The summed E-state index contributed by atoms with van der Waals surface area (Å²) >= 11 is 0. The molecule has 0 aromatic heterocycles. The number of carbonyl (C=O) groups is 1. The number of amides is 2. The third kappa shape index (κ3) is 4.40. The van der Waals surface area contributed by atoms with Crippen LogP contribution in [0.15, 0.2) is 18.2 Å². The van der Waals surface area contributed by atoms with Crippen LogP contribution in [-0.4, -0.2) is 42.3 Å². The predicted molar refractivity (Wildman–Crippen MR) is 79.4 cm³/mol. The van der Waals surface area contributed by atoms with Crippen LogP contribution in [0.4, 0.5) is 13.6 Å². The van der Waals surface area contributed by atoms with Gasteiger partial charge in [-0.05, 0) is 43.0 Å². The fraction of sp³-hybridized carbons (Fsp3) is 0.562. The first-order chi connectivity index (χ1) is 10.5. The van der Waals surface area contributed by atoms with Gasteiger partial charge in [-0.15, -0.1) is 0 Å². The number of nitrogens with one attached hydrogen (secondary N) is 1. The molecule has 2 atom stereocenters. The second-order valence-corrected chi connectivity index (χ2v) is 5.86. The lowest BCUT2D eigenvalue weighted by Gasteiger charge is -2.23. The molecule has 2 rings (SSSR count). The Morgan fingerprint density at radius 3 is 2.86 bits per heavy atom. The molecule has 2 unspecified atom stereocenters. The highest BCUT2D eigenvalue weighted by atomic mass is 19.1. The van der Waals surface area contributed by atoms with Gasteiger partial charge in [0, 0.05) is 26.1 Å². The zero-order chi connectivity index (χ0) is 16.1. The Morgan fingerprint density at radius 2 is 2.18 bits per heavy atom. The Balaban J connectivity index is 1.76. The van der Waals surface area contributed by atoms with E-state index >= 15 is 0 Å². The van der Waals surface area contributed by atoms with E-state index < -0.39 is 11.6 Å². The summed E-state index contributed by atoms with van der Waals surface area (Å²) in [6.07, 6.45) is 2.60. The summed E-state index contributed by atoms with van der Waals surface area (Å²) in [4.78, 5) is 13.5. The fourth-order valence-corrected chi connectivity index (χ4v) is 2.84. The second kappa shape index (κ2) is 7.54. The van der Waals surface area contributed by atoms with E-state index in [-0.39, 0.29) is 36.6 Å². The third-order valence-electron chi connectivity index (χ3n) is 4.15. The van der Waals surface area contributed by atoms with Crippen LogP contribution in [0.3, 0.4) is 0 Å². The number of urea groups is 1. The van der Waals surface area contributed by atoms with Crippen molar-refractivity contribution in [3.63, 3.8) is 0 Å². The molecule has 1 aromatic carbocycles. The first-order valence-corrected chi connectivity index (χ1v) is 7.58. The molecule has 0 saturated heterocycles. The van der Waals surface area contributed by atoms with Crippen molar-refractivity contribution in [3.8, 4) is 0 Å². The highest BCUT2D eigenvalue weighted by Crippen LogP contribution is 2.25. The van der Waals surface area contributed by atoms with Crippen molar-refractivity contribution in [2.24, 2.45) is 5.92 Å². The first-order valence-electron chi connectivity index (χ1n) is 7.58. The first kappa shape index (κ1) is 16.7. The molecule has 6 heteroatoms. The monoisotopic (exact) mass is 312 g/mol. The van der Waals surface area contributed by atoms with Crippen molar-refractivity contribution in [2.75, 3.05) is 20.1 Å². The summed E-state index contributed by atoms with van der Waals surface area (Å²) < 4.78 is 26.5. The van der Waals surface area contributed by atoms with Crippen LogP contribution in [0.25, 0.3) is 0 Å². The highest BCUT2D eigenvalue weighted by Gasteiger charge is 2.27. The van der Waals surface area contributed by atoms with Crippen LogP contribution in [0.1, 0.15) is 24.8 Å². The van der Waals surface area contributed by atoms with Crippen molar-refractivity contribution in [3.05, 3.63) is 35.4 Å². The van der Waals surface area contributed by atoms with Gasteiger partial charge in [0.05, 0.1) is 6.10 Å². The van der Waals surface area contributed by atoms with Gasteiger partial charge in [0.1, 0.15) is 11.6 Å². The number of hydrogen-bond donors (Lipinski definition) is 2. The maximum absolute atomic E-state index is 13.4. The highest BCUT2D eigenvalue weighted by molar-refractivity contribution is 5.73. The molecule has 122 valence electrons. The number of hydrogen-bond acceptors (Lipinski definition) is 2. The molecule has 0 heterocycles. The summed E-state index contributed by atoms with van der Waals surface area (Å²) in [6.45, 7) is 0.734. The largest absolute Gasteiger partial charge is 0.393 e. The van der Waals surface area contributed by atoms with E-state index in [4.69, 9.17) is 0 Å². The van der Waals surface area contributed by atoms with Crippen LogP contribution in [0.2, 0.25) is 0 Å². The Labute approximate surface area is 129 Å². The summed E-state index contributed by atoms with van der Waals surface area (Å²) in [5.74, 6) is -0.843. The van der Waals surface area contributed by atoms with Gasteiger partial charge in [0.15, 0.2) is 0 Å². The molecule has 1 aromatic rings. The molecule has 1 aliphatic rings. The molecule has 0 aliphatic heterocycles. The molecular weight excluding hydrogens is 290 g/mol. The van der Waals surface area contributed by atoms with Gasteiger partial charge < -0.3 is 15.3 Å². The lowest BCUT2D eigenvalue weighted by molar-refractivity contribution is 0.114. The van der Waals surface area contributed by atoms with Crippen LogP contribution < -0.4 is 5.32 Å². The van der Waals surface area contributed by atoms with E-state index in [0.29, 0.717) is 6.54 Å². The van der Waals surface area contributed by atoms with Crippen molar-refractivity contribution in [1.82, 2.24) is 10.2 Å². The van der Waals surface area contributed by atoms with Gasteiger partial charge in [-0.25, -0.2) is 13.6 Å². The lowest BCUT2D eigenvalue weighted by Crippen LogP contribution is -2.41. The van der Waals surface area contributed by atoms with Gasteiger partial charge in [0.2, 0.25) is 0 Å². The van der Waals surface area contributed by atoms with Crippen molar-refractivity contribution >= 4 is 6.03 Å². The predicted octanol–water partition coefficient (Wildman–Crippen LogP) is 2.31. The molecule has 0 bridgehead atoms. The Morgan fingerprint density at radius 1 is 1.41 bits per heavy atom. The molecule has 1 fully saturated rings. The third-order valence-corrected chi connectivity index (χ3v) is 4.15. The summed E-state index contributed by atoms with van der Waals surface area (Å²) in [7, 11) is 1.67. The topological polar surface area (TPSA) is 52.6 Å². The molecule has 0 radical (unpaired) electrons. The van der Waals surface area contributed by atoms with Crippen molar-refractivity contribution in [1.29, 1.82) is 0 Å². The standard InChI is InChI=1S/C16H22F2N2O2/c1-20(10-12-3-2-4-15(12)21)16(22)19-8-7-11-9-13(17)5-6-14(11)18/h5-6,9,12,15,21H,2-4,7-8,10H2,1H3,(H,19,22). The smallest absolute Gasteiger partial charge is 0.317 e. The minimum Gasteiger partial charge on any atom is -0.393 e. The Kier molecular flexibility index (Phi) is 5.71. The number of carbonyl (C=O) groups excluding carboxylic acids is 1. The molecule has 2 amide bonds. The SMILES string of the molecule is CN(CC1CCCC1O)C(=O)NCCc1cc(F)ccc1F. The van der Waals surface area contributed by atoms with Gasteiger partial charge in [0.25, 0.3) is 0 Å². The quantitative estimate of drug-likeness (QED) is 0.876. The average Bonchev–Trinajstić information content (AvgIpc) is 2.87. The Bertz CT molecular complexity index is 525. The average molecular weight is 312 g/mol. The second-order valence-electron chi connectivity index (χ2n) is 5.86. The minimum absolute atomic E-state index is 0.122. The van der Waals surface area contributed by atoms with Crippen LogP contribution in [-0.2, 0) is 6.42 Å². The van der Waals surface area contributed by atoms with Crippen molar-refractivity contribution < 1.29 is 18.7 Å². The number of rotatable bonds is 5. The van der Waals surface area contributed by atoms with Gasteiger partial charge in [-0.2, -0.15) is 0 Å². The number of aliphatic hydroxyl groups is 1. The maximum atomic E-state index is 13.4. The number of aliphatic hydroxyl groups excluding tert-OH is 1. The fourth-order valence-electron chi connectivity index (χ4n) is 2.84. The van der Waals surface area contributed by atoms with E-state index in [0.717, 1.165) is 37.5 Å². The number of nitrogens with zero attached hydrogens (tertiary/aromatic N) is 1. The van der Waals surface area contributed by atoms with E-state index in [2.05, 4.69) is 5.32 Å². The van der Waals surface area contributed by atoms with Crippen LogP contribution in [0, 0.1) is 17.6 Å². The maximum Gasteiger partial charge on any atom is 0.317 e.